The summed E-state index contributed by atoms with van der Waals surface area (Å²) < 4.78 is 4.86. The molecule has 0 aromatic carbocycles. The van der Waals surface area contributed by atoms with E-state index >= 15 is 0 Å². The summed E-state index contributed by atoms with van der Waals surface area (Å²) >= 11 is 0. The number of ether oxygens (including phenoxy) is 1. The molecular formula is C13H24N2O2. The Morgan fingerprint density at radius 3 is 2.65 bits per heavy atom. The molecular weight excluding hydrogens is 216 g/mol. The minimum absolute atomic E-state index is 0.132. The standard InChI is InChI=1S/C13H24N2O2/c1-9-6-10(9)7-15(2)8-12(13(16)17-3)14-11-4-5-11/h9-12,14H,4-8H2,1-3H3. The highest BCUT2D eigenvalue weighted by atomic mass is 16.5. The number of hydrogen-bond donors (Lipinski definition) is 1. The van der Waals surface area contributed by atoms with Crippen LogP contribution in [0, 0.1) is 11.8 Å². The summed E-state index contributed by atoms with van der Waals surface area (Å²) in [5, 5.41) is 3.36. The molecule has 4 nitrogen and oxygen atoms in total. The molecule has 98 valence electrons. The van der Waals surface area contributed by atoms with Crippen LogP contribution in [-0.2, 0) is 9.53 Å². The Morgan fingerprint density at radius 1 is 1.53 bits per heavy atom. The lowest BCUT2D eigenvalue weighted by molar-refractivity contribution is -0.143. The lowest BCUT2D eigenvalue weighted by Crippen LogP contribution is -2.47. The van der Waals surface area contributed by atoms with Gasteiger partial charge >= 0.3 is 5.97 Å². The van der Waals surface area contributed by atoms with Crippen LogP contribution in [0.25, 0.3) is 0 Å². The molecule has 0 radical (unpaired) electrons. The molecule has 3 unspecified atom stereocenters. The average molecular weight is 240 g/mol. The third-order valence-electron chi connectivity index (χ3n) is 3.82. The summed E-state index contributed by atoms with van der Waals surface area (Å²) in [6, 6.07) is 0.374. The predicted molar refractivity (Wildman–Crippen MR) is 66.7 cm³/mol. The topological polar surface area (TPSA) is 41.6 Å². The van der Waals surface area contributed by atoms with E-state index in [1.807, 2.05) is 0 Å². The molecule has 2 saturated carbocycles. The summed E-state index contributed by atoms with van der Waals surface area (Å²) in [4.78, 5) is 13.9. The fraction of sp³-hybridized carbons (Fsp3) is 0.923. The second-order valence-electron chi connectivity index (χ2n) is 5.71. The van der Waals surface area contributed by atoms with Gasteiger partial charge in [-0.25, -0.2) is 0 Å². The highest BCUT2D eigenvalue weighted by Gasteiger charge is 2.35. The van der Waals surface area contributed by atoms with Crippen molar-refractivity contribution in [2.45, 2.75) is 38.3 Å². The molecule has 0 amide bonds. The zero-order chi connectivity index (χ0) is 12.4. The van der Waals surface area contributed by atoms with E-state index < -0.39 is 0 Å². The van der Waals surface area contributed by atoms with Gasteiger partial charge in [0.15, 0.2) is 0 Å². The number of nitrogens with one attached hydrogen (secondary N) is 1. The van der Waals surface area contributed by atoms with Crippen molar-refractivity contribution >= 4 is 5.97 Å². The van der Waals surface area contributed by atoms with Crippen LogP contribution in [0.15, 0.2) is 0 Å². The van der Waals surface area contributed by atoms with Crippen molar-refractivity contribution < 1.29 is 9.53 Å². The Morgan fingerprint density at radius 2 is 2.18 bits per heavy atom. The zero-order valence-electron chi connectivity index (χ0n) is 11.1. The highest BCUT2D eigenvalue weighted by Crippen LogP contribution is 2.37. The summed E-state index contributed by atoms with van der Waals surface area (Å²) in [6.07, 6.45) is 3.72. The number of nitrogens with zero attached hydrogens (tertiary/aromatic N) is 1. The van der Waals surface area contributed by atoms with E-state index in [0.29, 0.717) is 6.04 Å². The number of esters is 1. The second kappa shape index (κ2) is 5.36. The highest BCUT2D eigenvalue weighted by molar-refractivity contribution is 5.76. The van der Waals surface area contributed by atoms with Crippen molar-refractivity contribution in [3.05, 3.63) is 0 Å². The number of hydrogen-bond acceptors (Lipinski definition) is 4. The van der Waals surface area contributed by atoms with Gasteiger partial charge in [-0.2, -0.15) is 0 Å². The lowest BCUT2D eigenvalue weighted by Gasteiger charge is -2.23. The Bertz CT molecular complexity index is 279. The molecule has 0 bridgehead atoms. The van der Waals surface area contributed by atoms with Crippen LogP contribution >= 0.6 is 0 Å². The monoisotopic (exact) mass is 240 g/mol. The van der Waals surface area contributed by atoms with Crippen molar-refractivity contribution in [1.82, 2.24) is 10.2 Å². The van der Waals surface area contributed by atoms with E-state index in [9.17, 15) is 4.79 Å². The SMILES string of the molecule is COC(=O)C(CN(C)CC1CC1C)NC1CC1. The number of likely N-dealkylation sites (N-methyl/N-ethyl adjacent to an activating group) is 1. The van der Waals surface area contributed by atoms with Gasteiger partial charge in [-0.15, -0.1) is 0 Å². The Hall–Kier alpha value is -0.610. The first-order valence-electron chi connectivity index (χ1n) is 6.62. The fourth-order valence-electron chi connectivity index (χ4n) is 2.31. The van der Waals surface area contributed by atoms with Crippen LogP contribution in [0.1, 0.15) is 26.2 Å². The van der Waals surface area contributed by atoms with Crippen molar-refractivity contribution in [3.63, 3.8) is 0 Å². The molecule has 2 aliphatic rings. The average Bonchev–Trinajstić information content (AvgIpc) is 3.18. The van der Waals surface area contributed by atoms with Crippen LogP contribution in [-0.4, -0.2) is 50.2 Å². The van der Waals surface area contributed by atoms with Crippen LogP contribution in [0.3, 0.4) is 0 Å². The molecule has 0 spiro atoms. The van der Waals surface area contributed by atoms with Gasteiger partial charge in [-0.3, -0.25) is 4.79 Å². The van der Waals surface area contributed by atoms with Crippen LogP contribution in [0.2, 0.25) is 0 Å². The first-order valence-corrected chi connectivity index (χ1v) is 6.62. The first kappa shape index (κ1) is 12.8. The molecule has 0 heterocycles. The van der Waals surface area contributed by atoms with Crippen molar-refractivity contribution in [1.29, 1.82) is 0 Å². The molecule has 2 fully saturated rings. The molecule has 2 rings (SSSR count). The van der Waals surface area contributed by atoms with Gasteiger partial charge in [-0.1, -0.05) is 6.92 Å². The summed E-state index contributed by atoms with van der Waals surface area (Å²) in [5.41, 5.74) is 0. The minimum atomic E-state index is -0.161. The van der Waals surface area contributed by atoms with E-state index in [4.69, 9.17) is 4.74 Å². The Balaban J connectivity index is 1.76. The van der Waals surface area contributed by atoms with E-state index in [-0.39, 0.29) is 12.0 Å². The molecule has 3 atom stereocenters. The number of carbonyl (C=O) groups is 1. The normalized spacial score (nSPS) is 29.2. The van der Waals surface area contributed by atoms with Crippen molar-refractivity contribution in [2.75, 3.05) is 27.2 Å². The van der Waals surface area contributed by atoms with Crippen molar-refractivity contribution in [3.8, 4) is 0 Å². The largest absolute Gasteiger partial charge is 0.468 e. The quantitative estimate of drug-likeness (QED) is 0.670. The van der Waals surface area contributed by atoms with Gasteiger partial charge in [0.1, 0.15) is 6.04 Å². The first-order chi connectivity index (χ1) is 8.10. The molecule has 2 aliphatic carbocycles. The molecule has 0 aliphatic heterocycles. The molecule has 4 heteroatoms. The van der Waals surface area contributed by atoms with E-state index in [1.165, 1.54) is 26.4 Å². The van der Waals surface area contributed by atoms with Gasteiger partial charge < -0.3 is 15.0 Å². The second-order valence-corrected chi connectivity index (χ2v) is 5.71. The molecule has 1 N–H and O–H groups in total. The summed E-state index contributed by atoms with van der Waals surface area (Å²) in [6.45, 7) is 4.14. The maximum absolute atomic E-state index is 11.7. The third-order valence-corrected chi connectivity index (χ3v) is 3.82. The smallest absolute Gasteiger partial charge is 0.324 e. The van der Waals surface area contributed by atoms with E-state index in [0.717, 1.165) is 24.9 Å². The number of rotatable bonds is 7. The van der Waals surface area contributed by atoms with E-state index in [1.54, 1.807) is 0 Å². The molecule has 0 saturated heterocycles. The molecule has 0 aromatic rings. The van der Waals surface area contributed by atoms with Crippen LogP contribution < -0.4 is 5.32 Å². The lowest BCUT2D eigenvalue weighted by atomic mass is 10.2. The van der Waals surface area contributed by atoms with E-state index in [2.05, 4.69) is 24.2 Å². The van der Waals surface area contributed by atoms with Gasteiger partial charge in [0.2, 0.25) is 0 Å². The third kappa shape index (κ3) is 3.96. The van der Waals surface area contributed by atoms with Gasteiger partial charge in [0.05, 0.1) is 7.11 Å². The van der Waals surface area contributed by atoms with Crippen LogP contribution in [0.5, 0.6) is 0 Å². The maximum atomic E-state index is 11.7. The van der Waals surface area contributed by atoms with Gasteiger partial charge in [0, 0.05) is 19.1 Å². The minimum Gasteiger partial charge on any atom is -0.468 e. The predicted octanol–water partition coefficient (Wildman–Crippen LogP) is 0.868. The summed E-state index contributed by atoms with van der Waals surface area (Å²) in [5.74, 6) is 1.57. The fourth-order valence-corrected chi connectivity index (χ4v) is 2.31. The van der Waals surface area contributed by atoms with Crippen molar-refractivity contribution in [2.24, 2.45) is 11.8 Å². The van der Waals surface area contributed by atoms with Gasteiger partial charge in [-0.05, 0) is 38.1 Å². The molecule has 17 heavy (non-hydrogen) atoms. The number of carbonyl (C=O) groups excluding carboxylic acids is 1. The zero-order valence-corrected chi connectivity index (χ0v) is 11.1. The number of methoxy groups -OCH3 is 1. The molecule has 0 aromatic heterocycles. The van der Waals surface area contributed by atoms with Gasteiger partial charge in [0.25, 0.3) is 0 Å². The Kier molecular flexibility index (Phi) is 4.05. The maximum Gasteiger partial charge on any atom is 0.324 e. The summed E-state index contributed by atoms with van der Waals surface area (Å²) in [7, 11) is 3.56. The Labute approximate surface area is 104 Å². The van der Waals surface area contributed by atoms with Crippen LogP contribution in [0.4, 0.5) is 0 Å².